The number of hydrogen-bond donors (Lipinski definition) is 1. The third-order valence-corrected chi connectivity index (χ3v) is 0.937. The average molecular weight is 194 g/mol. The third-order valence-electron chi connectivity index (χ3n) is 0.937. The molecule has 0 aromatic rings. The molecule has 0 spiro atoms. The van der Waals surface area contributed by atoms with Crippen LogP contribution in [0.25, 0.3) is 0 Å². The van der Waals surface area contributed by atoms with Gasteiger partial charge in [0.25, 0.3) is 0 Å². The maximum Gasteiger partial charge on any atom is 1.00 e. The van der Waals surface area contributed by atoms with Crippen LogP contribution in [0, 0.1) is 0 Å². The zero-order chi connectivity index (χ0) is 10.1. The van der Waals surface area contributed by atoms with Gasteiger partial charge in [0.1, 0.15) is 0 Å². The van der Waals surface area contributed by atoms with Crippen molar-refractivity contribution in [1.29, 1.82) is 0 Å². The van der Waals surface area contributed by atoms with Gasteiger partial charge in [0.2, 0.25) is 0 Å². The van der Waals surface area contributed by atoms with E-state index in [2.05, 4.69) is 6.58 Å². The monoisotopic (exact) mass is 194 g/mol. The average Bonchev–Trinajstić information content (AvgIpc) is 2.04. The molecule has 0 saturated heterocycles. The van der Waals surface area contributed by atoms with Crippen molar-refractivity contribution >= 4 is 11.9 Å². The van der Waals surface area contributed by atoms with Crippen LogP contribution < -0.4 is 34.7 Å². The fourth-order valence-corrected chi connectivity index (χ4v) is 0.123. The molecule has 0 aromatic heterocycles. The molecule has 0 aliphatic carbocycles. The van der Waals surface area contributed by atoms with Gasteiger partial charge in [0.15, 0.2) is 0 Å². The summed E-state index contributed by atoms with van der Waals surface area (Å²) < 4.78 is 0. The van der Waals surface area contributed by atoms with Crippen molar-refractivity contribution in [3.63, 3.8) is 0 Å². The molecule has 0 unspecified atom stereocenters. The summed E-state index contributed by atoms with van der Waals surface area (Å²) in [7, 11) is 0. The van der Waals surface area contributed by atoms with E-state index in [-0.39, 0.29) is 29.6 Å². The summed E-state index contributed by atoms with van der Waals surface area (Å²) in [6, 6.07) is 0. The van der Waals surface area contributed by atoms with Gasteiger partial charge < -0.3 is 15.0 Å². The largest absolute Gasteiger partial charge is 1.00 e. The number of allylic oxidation sites excluding steroid dienone is 1. The molecular formula is C8H11NaO4. The van der Waals surface area contributed by atoms with Gasteiger partial charge >= 0.3 is 35.5 Å². The normalized spacial score (nSPS) is 8.62. The van der Waals surface area contributed by atoms with E-state index in [0.29, 0.717) is 5.57 Å². The Balaban J connectivity index is -0.000000150. The van der Waals surface area contributed by atoms with Gasteiger partial charge in [-0.15, -0.1) is 0 Å². The maximum atomic E-state index is 9.86. The summed E-state index contributed by atoms with van der Waals surface area (Å²) in [6.45, 7) is 6.15. The summed E-state index contributed by atoms with van der Waals surface area (Å²) in [5, 5.41) is 17.3. The van der Waals surface area contributed by atoms with Crippen molar-refractivity contribution in [2.45, 2.75) is 13.8 Å². The van der Waals surface area contributed by atoms with Gasteiger partial charge in [-0.1, -0.05) is 12.7 Å². The second kappa shape index (κ2) is 11.4. The number of aliphatic carboxylic acids is 2. The SMILES string of the molecule is C=CC(=O)[O-].CC=C(C)C(=O)O.[Na+]. The van der Waals surface area contributed by atoms with Gasteiger partial charge in [-0.05, 0) is 19.9 Å². The molecule has 0 atom stereocenters. The molecule has 0 aliphatic heterocycles. The zero-order valence-electron chi connectivity index (χ0n) is 8.03. The van der Waals surface area contributed by atoms with Crippen LogP contribution in [-0.4, -0.2) is 17.0 Å². The first-order valence-electron chi connectivity index (χ1n) is 3.15. The topological polar surface area (TPSA) is 77.4 Å². The summed E-state index contributed by atoms with van der Waals surface area (Å²) in [5.41, 5.74) is 0.389. The summed E-state index contributed by atoms with van der Waals surface area (Å²) in [5.74, 6) is -2.08. The molecule has 13 heavy (non-hydrogen) atoms. The standard InChI is InChI=1S/C5H8O2.C3H4O2.Na/c1-3-4(2)5(6)7;1-2-3(4)5;/h3H,1-2H3,(H,6,7);2H,1H2,(H,4,5);/q;;+1/p-1. The molecule has 0 radical (unpaired) electrons. The number of carbonyl (C=O) groups excluding carboxylic acids is 1. The molecule has 0 aliphatic rings. The van der Waals surface area contributed by atoms with Crippen LogP contribution >= 0.6 is 0 Å². The number of rotatable bonds is 2. The summed E-state index contributed by atoms with van der Waals surface area (Å²) in [4.78, 5) is 19.0. The summed E-state index contributed by atoms with van der Waals surface area (Å²) in [6.07, 6.45) is 2.28. The van der Waals surface area contributed by atoms with Crippen molar-refractivity contribution in [1.82, 2.24) is 0 Å². The predicted molar refractivity (Wildman–Crippen MR) is 42.3 cm³/mol. The molecule has 0 aromatic carbocycles. The van der Waals surface area contributed by atoms with E-state index in [9.17, 15) is 4.79 Å². The van der Waals surface area contributed by atoms with Crippen LogP contribution in [0.3, 0.4) is 0 Å². The van der Waals surface area contributed by atoms with E-state index < -0.39 is 11.9 Å². The molecule has 68 valence electrons. The van der Waals surface area contributed by atoms with E-state index in [1.54, 1.807) is 19.9 Å². The Labute approximate surface area is 99.2 Å². The van der Waals surface area contributed by atoms with Gasteiger partial charge in [-0.2, -0.15) is 0 Å². The van der Waals surface area contributed by atoms with Crippen molar-refractivity contribution in [2.75, 3.05) is 0 Å². The Kier molecular flexibility index (Phi) is 16.0. The van der Waals surface area contributed by atoms with Gasteiger partial charge in [0.05, 0.1) is 5.97 Å². The molecule has 0 heterocycles. The Morgan fingerprint density at radius 2 is 1.77 bits per heavy atom. The molecule has 5 heteroatoms. The molecule has 0 saturated carbocycles. The molecule has 4 nitrogen and oxygen atoms in total. The Hall–Kier alpha value is -0.580. The molecule has 0 bridgehead atoms. The predicted octanol–water partition coefficient (Wildman–Crippen LogP) is -3.04. The number of hydrogen-bond acceptors (Lipinski definition) is 3. The second-order valence-corrected chi connectivity index (χ2v) is 1.80. The Morgan fingerprint density at radius 3 is 1.77 bits per heavy atom. The van der Waals surface area contributed by atoms with Crippen LogP contribution in [0.1, 0.15) is 13.8 Å². The fourth-order valence-electron chi connectivity index (χ4n) is 0.123. The third kappa shape index (κ3) is 18.4. The molecule has 0 fully saturated rings. The van der Waals surface area contributed by atoms with Crippen LogP contribution in [-0.2, 0) is 9.59 Å². The molecule has 1 N–H and O–H groups in total. The van der Waals surface area contributed by atoms with Crippen LogP contribution in [0.4, 0.5) is 0 Å². The minimum Gasteiger partial charge on any atom is -0.545 e. The van der Waals surface area contributed by atoms with E-state index in [4.69, 9.17) is 15.0 Å². The molecule has 0 amide bonds. The van der Waals surface area contributed by atoms with E-state index in [0.717, 1.165) is 6.08 Å². The van der Waals surface area contributed by atoms with Crippen molar-refractivity contribution in [3.8, 4) is 0 Å². The van der Waals surface area contributed by atoms with Crippen molar-refractivity contribution < 1.29 is 49.4 Å². The van der Waals surface area contributed by atoms with Crippen LogP contribution in [0.5, 0.6) is 0 Å². The first kappa shape index (κ1) is 18.3. The summed E-state index contributed by atoms with van der Waals surface area (Å²) >= 11 is 0. The van der Waals surface area contributed by atoms with Gasteiger partial charge in [-0.25, -0.2) is 4.79 Å². The molecular weight excluding hydrogens is 183 g/mol. The molecule has 0 rings (SSSR count). The van der Waals surface area contributed by atoms with Gasteiger partial charge in [0, 0.05) is 5.57 Å². The van der Waals surface area contributed by atoms with Crippen LogP contribution in [0.2, 0.25) is 0 Å². The Morgan fingerprint density at radius 1 is 1.46 bits per heavy atom. The van der Waals surface area contributed by atoms with E-state index in [1.165, 1.54) is 0 Å². The van der Waals surface area contributed by atoms with E-state index >= 15 is 0 Å². The first-order chi connectivity index (χ1) is 5.45. The zero-order valence-corrected chi connectivity index (χ0v) is 10.0. The Bertz CT molecular complexity index is 208. The maximum absolute atomic E-state index is 9.86. The van der Waals surface area contributed by atoms with Gasteiger partial charge in [-0.3, -0.25) is 0 Å². The van der Waals surface area contributed by atoms with Crippen LogP contribution in [0.15, 0.2) is 24.3 Å². The van der Waals surface area contributed by atoms with Crippen molar-refractivity contribution in [2.24, 2.45) is 0 Å². The minimum absolute atomic E-state index is 0. The number of carboxylic acid groups (broad SMARTS) is 2. The fraction of sp³-hybridized carbons (Fsp3) is 0.250. The minimum atomic E-state index is -1.23. The smallest absolute Gasteiger partial charge is 0.545 e. The van der Waals surface area contributed by atoms with Crippen molar-refractivity contribution in [3.05, 3.63) is 24.3 Å². The number of carbonyl (C=O) groups is 2. The van der Waals surface area contributed by atoms with E-state index in [1.807, 2.05) is 0 Å². The first-order valence-corrected chi connectivity index (χ1v) is 3.15. The number of carboxylic acids is 2. The quantitative estimate of drug-likeness (QED) is 0.374. The second-order valence-electron chi connectivity index (χ2n) is 1.80.